The molecule has 1 saturated heterocycles. The number of guanidine groups is 1. The molecule has 0 spiro atoms. The van der Waals surface area contributed by atoms with E-state index in [2.05, 4.69) is 0 Å². The van der Waals surface area contributed by atoms with Crippen LogP contribution >= 0.6 is 0 Å². The van der Waals surface area contributed by atoms with Gasteiger partial charge >= 0.3 is 5.96 Å². The minimum atomic E-state index is -0.481. The number of hydrogen-bond acceptors (Lipinski definition) is 3. The van der Waals surface area contributed by atoms with Crippen LogP contribution in [-0.2, 0) is 0 Å². The fourth-order valence-electron chi connectivity index (χ4n) is 0.518. The molecule has 0 saturated carbocycles. The van der Waals surface area contributed by atoms with Gasteiger partial charge in [-0.3, -0.25) is 0 Å². The molecule has 0 aliphatic carbocycles. The highest BCUT2D eigenvalue weighted by atomic mass is 16.3. The number of nitrogens with one attached hydrogen (secondary N) is 1. The van der Waals surface area contributed by atoms with Gasteiger partial charge in [0, 0.05) is 5.41 Å². The van der Waals surface area contributed by atoms with Gasteiger partial charge in [0.05, 0.1) is 9.52 Å². The highest BCUT2D eigenvalue weighted by Crippen LogP contribution is 1.90. The molecule has 5 heteroatoms. The Morgan fingerprint density at radius 1 is 1.25 bits per heavy atom. The van der Waals surface area contributed by atoms with Crippen molar-refractivity contribution in [1.82, 2.24) is 0 Å². The molecule has 1 rings (SSSR count). The molecule has 1 heterocycles. The molecule has 5 nitrogen and oxygen atoms in total. The zero-order valence-electron chi connectivity index (χ0n) is 4.13. The van der Waals surface area contributed by atoms with Crippen LogP contribution in [0.25, 0.3) is 0 Å². The topological polar surface area (TPSA) is 64.0 Å². The Morgan fingerprint density at radius 3 is 1.75 bits per heavy atom. The van der Waals surface area contributed by atoms with Gasteiger partial charge in [-0.05, 0) is 9.81 Å². The predicted molar refractivity (Wildman–Crippen MR) is 24.7 cm³/mol. The van der Waals surface area contributed by atoms with E-state index in [9.17, 15) is 9.81 Å². The molecular formula is C3H5N3O2+2. The first-order valence-electron chi connectivity index (χ1n) is 2.19. The molecule has 0 amide bonds. The highest BCUT2D eigenvalue weighted by Gasteiger charge is 2.41. The van der Waals surface area contributed by atoms with E-state index in [1.165, 1.54) is 0 Å². The van der Waals surface area contributed by atoms with Gasteiger partial charge in [0.15, 0.2) is 0 Å². The van der Waals surface area contributed by atoms with E-state index in [-0.39, 0.29) is 13.1 Å². The second-order valence-corrected chi connectivity index (χ2v) is 1.53. The Morgan fingerprint density at radius 2 is 1.62 bits per heavy atom. The molecule has 0 radical (unpaired) electrons. The first-order valence-corrected chi connectivity index (χ1v) is 2.19. The molecule has 0 aromatic carbocycles. The van der Waals surface area contributed by atoms with E-state index in [0.717, 1.165) is 0 Å². The van der Waals surface area contributed by atoms with Crippen molar-refractivity contribution >= 4 is 5.96 Å². The maximum Gasteiger partial charge on any atom is 0.656 e. The smallest absolute Gasteiger partial charge is 0.0292 e. The van der Waals surface area contributed by atoms with Crippen molar-refractivity contribution in [3.05, 3.63) is 9.81 Å². The summed E-state index contributed by atoms with van der Waals surface area (Å²) in [6, 6.07) is 0. The van der Waals surface area contributed by atoms with Gasteiger partial charge in [0.1, 0.15) is 0 Å². The van der Waals surface area contributed by atoms with Gasteiger partial charge in [0.2, 0.25) is 13.1 Å². The molecule has 0 aromatic heterocycles. The van der Waals surface area contributed by atoms with Crippen molar-refractivity contribution in [3.8, 4) is 0 Å². The van der Waals surface area contributed by atoms with Gasteiger partial charge in [-0.1, -0.05) is 0 Å². The maximum absolute atomic E-state index is 10.2. The molecule has 1 aliphatic heterocycles. The summed E-state index contributed by atoms with van der Waals surface area (Å²) in [5.74, 6) is -0.481. The van der Waals surface area contributed by atoms with Crippen LogP contribution in [0, 0.1) is 15.2 Å². The SMILES string of the molecule is N=C1[N+](=O)CC[N+]1=O. The summed E-state index contributed by atoms with van der Waals surface area (Å²) in [5, 5.41) is 6.69. The third-order valence-corrected chi connectivity index (χ3v) is 0.979. The molecule has 0 aromatic rings. The van der Waals surface area contributed by atoms with E-state index in [1.807, 2.05) is 0 Å². The van der Waals surface area contributed by atoms with Crippen LogP contribution in [0.1, 0.15) is 0 Å². The Hall–Kier alpha value is -1.13. The molecule has 0 unspecified atom stereocenters. The van der Waals surface area contributed by atoms with Crippen LogP contribution in [-0.4, -0.2) is 28.6 Å². The first-order chi connectivity index (χ1) is 3.72. The van der Waals surface area contributed by atoms with E-state index in [0.29, 0.717) is 9.52 Å². The lowest BCUT2D eigenvalue weighted by molar-refractivity contribution is -0.484. The number of hydrogen-bond donors (Lipinski definition) is 1. The van der Waals surface area contributed by atoms with E-state index >= 15 is 0 Å². The number of rotatable bonds is 0. The summed E-state index contributed by atoms with van der Waals surface area (Å²) < 4.78 is 0.736. The molecular weight excluding hydrogens is 110 g/mol. The molecule has 0 atom stereocenters. The van der Waals surface area contributed by atoms with Crippen molar-refractivity contribution < 1.29 is 9.52 Å². The van der Waals surface area contributed by atoms with Crippen molar-refractivity contribution in [2.24, 2.45) is 0 Å². The Balaban J connectivity index is 2.86. The minimum Gasteiger partial charge on any atom is -0.0292 e. The standard InChI is InChI=1S/C3H5N3O2/c4-3-5(7)1-2-6(3)8/h4H,1-2H2/q+2. The molecule has 42 valence electrons. The lowest BCUT2D eigenvalue weighted by Crippen LogP contribution is -2.14. The van der Waals surface area contributed by atoms with Crippen molar-refractivity contribution in [2.45, 2.75) is 0 Å². The van der Waals surface area contributed by atoms with Crippen molar-refractivity contribution in [3.63, 3.8) is 0 Å². The number of nitroso groups, excluding NO2 is 2. The second-order valence-electron chi connectivity index (χ2n) is 1.53. The second kappa shape index (κ2) is 1.43. The van der Waals surface area contributed by atoms with Crippen LogP contribution in [0.3, 0.4) is 0 Å². The van der Waals surface area contributed by atoms with Gasteiger partial charge in [-0.25, -0.2) is 0 Å². The predicted octanol–water partition coefficient (Wildman–Crippen LogP) is -0.507. The molecule has 1 aliphatic rings. The van der Waals surface area contributed by atoms with Gasteiger partial charge in [0.25, 0.3) is 0 Å². The zero-order chi connectivity index (χ0) is 6.15. The first kappa shape index (κ1) is 5.02. The Labute approximate surface area is 45.0 Å². The molecule has 0 bridgehead atoms. The summed E-state index contributed by atoms with van der Waals surface area (Å²) >= 11 is 0. The molecule has 1 fully saturated rings. The average Bonchev–Trinajstić information content (AvgIpc) is 1.98. The molecule has 1 N–H and O–H groups in total. The number of nitrogens with zero attached hydrogens (tertiary/aromatic N) is 2. The lowest BCUT2D eigenvalue weighted by atomic mass is 10.7. The zero-order valence-corrected chi connectivity index (χ0v) is 4.13. The van der Waals surface area contributed by atoms with E-state index < -0.39 is 5.96 Å². The minimum absolute atomic E-state index is 0.127. The fourth-order valence-corrected chi connectivity index (χ4v) is 0.518. The summed E-state index contributed by atoms with van der Waals surface area (Å²) in [4.78, 5) is 20.5. The third kappa shape index (κ3) is 0.518. The molecule has 8 heavy (non-hydrogen) atoms. The summed E-state index contributed by atoms with van der Waals surface area (Å²) in [6.45, 7) is 0.255. The van der Waals surface area contributed by atoms with Crippen LogP contribution in [0.2, 0.25) is 0 Å². The van der Waals surface area contributed by atoms with Crippen LogP contribution < -0.4 is 0 Å². The monoisotopic (exact) mass is 115 g/mol. The van der Waals surface area contributed by atoms with E-state index in [4.69, 9.17) is 5.41 Å². The van der Waals surface area contributed by atoms with Gasteiger partial charge in [-0.15, -0.1) is 0 Å². The summed E-state index contributed by atoms with van der Waals surface area (Å²) in [6.07, 6.45) is 0. The normalized spacial score (nSPS) is 20.2. The highest BCUT2D eigenvalue weighted by molar-refractivity contribution is 5.58. The van der Waals surface area contributed by atoms with Gasteiger partial charge < -0.3 is 0 Å². The lowest BCUT2D eigenvalue weighted by Gasteiger charge is -1.61. The Kier molecular flexibility index (Phi) is 0.896. The van der Waals surface area contributed by atoms with Crippen molar-refractivity contribution in [2.75, 3.05) is 13.1 Å². The third-order valence-electron chi connectivity index (χ3n) is 0.979. The van der Waals surface area contributed by atoms with Crippen molar-refractivity contribution in [1.29, 1.82) is 5.41 Å². The summed E-state index contributed by atoms with van der Waals surface area (Å²) in [5.41, 5.74) is 0. The largest absolute Gasteiger partial charge is 0.656 e. The van der Waals surface area contributed by atoms with Crippen LogP contribution in [0.15, 0.2) is 0 Å². The average molecular weight is 115 g/mol. The van der Waals surface area contributed by atoms with Crippen LogP contribution in [0.4, 0.5) is 0 Å². The fraction of sp³-hybridized carbons (Fsp3) is 0.667. The quantitative estimate of drug-likeness (QED) is 0.432. The van der Waals surface area contributed by atoms with Gasteiger partial charge in [-0.2, -0.15) is 0 Å². The van der Waals surface area contributed by atoms with Crippen LogP contribution in [0.5, 0.6) is 0 Å². The maximum atomic E-state index is 10.2. The van der Waals surface area contributed by atoms with E-state index in [1.54, 1.807) is 0 Å². The summed E-state index contributed by atoms with van der Waals surface area (Å²) in [7, 11) is 0. The Bertz CT molecular complexity index is 155.